The van der Waals surface area contributed by atoms with Crippen LogP contribution in [0.5, 0.6) is 0 Å². The van der Waals surface area contributed by atoms with Gasteiger partial charge in [0.15, 0.2) is 6.29 Å². The quantitative estimate of drug-likeness (QED) is 0.879. The van der Waals surface area contributed by atoms with Crippen LogP contribution in [-0.2, 0) is 0 Å². The van der Waals surface area contributed by atoms with Crippen LogP contribution in [0.1, 0.15) is 24.2 Å². The molecule has 0 aliphatic heterocycles. The van der Waals surface area contributed by atoms with E-state index in [1.165, 1.54) is 0 Å². The van der Waals surface area contributed by atoms with Gasteiger partial charge in [-0.3, -0.25) is 9.78 Å². The first-order valence-electron chi connectivity index (χ1n) is 5.42. The second-order valence-electron chi connectivity index (χ2n) is 4.17. The van der Waals surface area contributed by atoms with Gasteiger partial charge in [-0.1, -0.05) is 15.9 Å². The minimum atomic E-state index is 0.262. The molecule has 0 aliphatic rings. The number of nitrogens with one attached hydrogen (secondary N) is 1. The first-order valence-corrected chi connectivity index (χ1v) is 6.21. The van der Waals surface area contributed by atoms with E-state index >= 15 is 0 Å². The maximum atomic E-state index is 11.0. The molecule has 0 atom stereocenters. The number of carbonyl (C=O) groups excluding carboxylic acids is 1. The number of hydrogen-bond acceptors (Lipinski definition) is 3. The number of carbonyl (C=O) groups is 1. The van der Waals surface area contributed by atoms with Crippen LogP contribution in [0.25, 0.3) is 10.9 Å². The first kappa shape index (κ1) is 12.0. The van der Waals surface area contributed by atoms with E-state index in [4.69, 9.17) is 0 Å². The standard InChI is InChI=1S/C13H13BrN2O/c1-8(2)16-13-9(7-17)6-15-12-4-3-10(14)5-11(12)13/h3-8H,1-2H3,(H,15,16). The second-order valence-corrected chi connectivity index (χ2v) is 5.08. The Labute approximate surface area is 108 Å². The van der Waals surface area contributed by atoms with Gasteiger partial charge in [-0.25, -0.2) is 0 Å². The van der Waals surface area contributed by atoms with E-state index < -0.39 is 0 Å². The predicted octanol–water partition coefficient (Wildman–Crippen LogP) is 3.63. The lowest BCUT2D eigenvalue weighted by Gasteiger charge is -2.14. The number of anilines is 1. The lowest BCUT2D eigenvalue weighted by atomic mass is 10.1. The van der Waals surface area contributed by atoms with E-state index in [1.54, 1.807) is 6.20 Å². The van der Waals surface area contributed by atoms with Crippen LogP contribution in [0.3, 0.4) is 0 Å². The molecule has 3 nitrogen and oxygen atoms in total. The highest BCUT2D eigenvalue weighted by Gasteiger charge is 2.09. The molecule has 17 heavy (non-hydrogen) atoms. The molecule has 1 heterocycles. The van der Waals surface area contributed by atoms with Gasteiger partial charge in [-0.2, -0.15) is 0 Å². The monoisotopic (exact) mass is 292 g/mol. The molecule has 2 aromatic rings. The number of fused-ring (bicyclic) bond motifs is 1. The lowest BCUT2D eigenvalue weighted by Crippen LogP contribution is -2.12. The summed E-state index contributed by atoms with van der Waals surface area (Å²) in [5, 5.41) is 4.26. The summed E-state index contributed by atoms with van der Waals surface area (Å²) < 4.78 is 0.974. The summed E-state index contributed by atoms with van der Waals surface area (Å²) in [7, 11) is 0. The molecular weight excluding hydrogens is 280 g/mol. The third-order valence-corrected chi connectivity index (χ3v) is 2.91. The third-order valence-electron chi connectivity index (χ3n) is 2.42. The molecule has 2 rings (SSSR count). The van der Waals surface area contributed by atoms with Gasteiger partial charge in [-0.15, -0.1) is 0 Å². The summed E-state index contributed by atoms with van der Waals surface area (Å²) in [4.78, 5) is 15.3. The van der Waals surface area contributed by atoms with Crippen molar-refractivity contribution in [2.24, 2.45) is 0 Å². The summed E-state index contributed by atoms with van der Waals surface area (Å²) in [6.45, 7) is 4.08. The highest BCUT2D eigenvalue weighted by molar-refractivity contribution is 9.10. The molecule has 0 fully saturated rings. The number of hydrogen-bond donors (Lipinski definition) is 1. The zero-order chi connectivity index (χ0) is 12.4. The molecule has 0 saturated carbocycles. The number of pyridine rings is 1. The summed E-state index contributed by atoms with van der Waals surface area (Å²) in [6, 6.07) is 6.10. The average molecular weight is 293 g/mol. The van der Waals surface area contributed by atoms with Crippen molar-refractivity contribution in [2.75, 3.05) is 5.32 Å². The molecule has 0 unspecified atom stereocenters. The van der Waals surface area contributed by atoms with E-state index in [9.17, 15) is 4.79 Å². The molecule has 0 bridgehead atoms. The predicted molar refractivity (Wildman–Crippen MR) is 73.6 cm³/mol. The summed E-state index contributed by atoms with van der Waals surface area (Å²) >= 11 is 3.44. The van der Waals surface area contributed by atoms with Crippen molar-refractivity contribution >= 4 is 38.8 Å². The van der Waals surface area contributed by atoms with Crippen molar-refractivity contribution < 1.29 is 4.79 Å². The van der Waals surface area contributed by atoms with Crippen LogP contribution in [0.2, 0.25) is 0 Å². The van der Waals surface area contributed by atoms with Gasteiger partial charge < -0.3 is 5.32 Å². The van der Waals surface area contributed by atoms with Crippen molar-refractivity contribution in [1.82, 2.24) is 4.98 Å². The number of benzene rings is 1. The fourth-order valence-corrected chi connectivity index (χ4v) is 2.08. The molecule has 0 saturated heterocycles. The van der Waals surface area contributed by atoms with Crippen molar-refractivity contribution in [1.29, 1.82) is 0 Å². The SMILES string of the molecule is CC(C)Nc1c(C=O)cnc2ccc(Br)cc12. The number of halogens is 1. The Morgan fingerprint density at radius 2 is 2.18 bits per heavy atom. The molecule has 0 amide bonds. The maximum absolute atomic E-state index is 11.0. The lowest BCUT2D eigenvalue weighted by molar-refractivity contribution is 0.112. The van der Waals surface area contributed by atoms with Crippen LogP contribution in [0.4, 0.5) is 5.69 Å². The Bertz CT molecular complexity index is 567. The van der Waals surface area contributed by atoms with Crippen molar-refractivity contribution in [3.8, 4) is 0 Å². The van der Waals surface area contributed by atoms with Gasteiger partial charge in [-0.05, 0) is 32.0 Å². The van der Waals surface area contributed by atoms with Crippen LogP contribution < -0.4 is 5.32 Å². The van der Waals surface area contributed by atoms with E-state index in [1.807, 2.05) is 32.0 Å². The van der Waals surface area contributed by atoms with Crippen molar-refractivity contribution in [3.63, 3.8) is 0 Å². The molecule has 1 N–H and O–H groups in total. The van der Waals surface area contributed by atoms with E-state index in [0.29, 0.717) is 5.56 Å². The summed E-state index contributed by atoms with van der Waals surface area (Å²) in [6.07, 6.45) is 2.44. The van der Waals surface area contributed by atoms with Crippen molar-refractivity contribution in [3.05, 3.63) is 34.4 Å². The van der Waals surface area contributed by atoms with Gasteiger partial charge >= 0.3 is 0 Å². The Balaban J connectivity index is 2.72. The Kier molecular flexibility index (Phi) is 3.43. The molecular formula is C13H13BrN2O. The number of nitrogens with zero attached hydrogens (tertiary/aromatic N) is 1. The maximum Gasteiger partial charge on any atom is 0.153 e. The Morgan fingerprint density at radius 1 is 1.41 bits per heavy atom. The van der Waals surface area contributed by atoms with Gasteiger partial charge in [0.25, 0.3) is 0 Å². The highest BCUT2D eigenvalue weighted by Crippen LogP contribution is 2.28. The van der Waals surface area contributed by atoms with Crippen molar-refractivity contribution in [2.45, 2.75) is 19.9 Å². The van der Waals surface area contributed by atoms with E-state index in [2.05, 4.69) is 26.2 Å². The zero-order valence-electron chi connectivity index (χ0n) is 9.70. The second kappa shape index (κ2) is 4.84. The first-order chi connectivity index (χ1) is 8.11. The van der Waals surface area contributed by atoms with Gasteiger partial charge in [0, 0.05) is 22.1 Å². The molecule has 88 valence electrons. The fraction of sp³-hybridized carbons (Fsp3) is 0.231. The topological polar surface area (TPSA) is 42.0 Å². The molecule has 0 spiro atoms. The van der Waals surface area contributed by atoms with E-state index in [0.717, 1.165) is 27.3 Å². The minimum Gasteiger partial charge on any atom is -0.382 e. The fourth-order valence-electron chi connectivity index (χ4n) is 1.72. The van der Waals surface area contributed by atoms with Crippen LogP contribution in [0.15, 0.2) is 28.9 Å². The Hall–Kier alpha value is -1.42. The summed E-state index contributed by atoms with van der Waals surface area (Å²) in [5.41, 5.74) is 2.31. The molecule has 0 radical (unpaired) electrons. The molecule has 0 aliphatic carbocycles. The largest absolute Gasteiger partial charge is 0.382 e. The van der Waals surface area contributed by atoms with Gasteiger partial charge in [0.1, 0.15) is 0 Å². The Morgan fingerprint density at radius 3 is 2.82 bits per heavy atom. The zero-order valence-corrected chi connectivity index (χ0v) is 11.3. The normalized spacial score (nSPS) is 10.8. The molecule has 1 aromatic heterocycles. The van der Waals surface area contributed by atoms with Gasteiger partial charge in [0.2, 0.25) is 0 Å². The van der Waals surface area contributed by atoms with Gasteiger partial charge in [0.05, 0.1) is 16.8 Å². The molecule has 1 aromatic carbocycles. The minimum absolute atomic E-state index is 0.262. The number of rotatable bonds is 3. The van der Waals surface area contributed by atoms with Crippen LogP contribution in [0, 0.1) is 0 Å². The van der Waals surface area contributed by atoms with E-state index in [-0.39, 0.29) is 6.04 Å². The third kappa shape index (κ3) is 2.47. The summed E-state index contributed by atoms with van der Waals surface area (Å²) in [5.74, 6) is 0. The smallest absolute Gasteiger partial charge is 0.153 e. The number of aldehydes is 1. The van der Waals surface area contributed by atoms with Crippen LogP contribution >= 0.6 is 15.9 Å². The number of aromatic nitrogens is 1. The molecule has 4 heteroatoms. The highest BCUT2D eigenvalue weighted by atomic mass is 79.9. The van der Waals surface area contributed by atoms with Crippen LogP contribution in [-0.4, -0.2) is 17.3 Å². The average Bonchev–Trinajstić information content (AvgIpc) is 2.29.